The Balaban J connectivity index is 2.12. The molecule has 11 heteroatoms. The number of nitrogens with zero attached hydrogens (tertiary/aromatic N) is 3. The van der Waals surface area contributed by atoms with Crippen molar-refractivity contribution in [3.8, 4) is 11.5 Å². The summed E-state index contributed by atoms with van der Waals surface area (Å²) in [5, 5.41) is 35.2. The summed E-state index contributed by atoms with van der Waals surface area (Å²) in [5.74, 6) is -1.36. The minimum Gasteiger partial charge on any atom is -0.500 e. The van der Waals surface area contributed by atoms with Crippen LogP contribution in [0.4, 0.5) is 11.4 Å². The zero-order valence-corrected chi connectivity index (χ0v) is 14.0. The molecule has 0 fully saturated rings. The van der Waals surface area contributed by atoms with Crippen LogP contribution in [-0.4, -0.2) is 34.2 Å². The van der Waals surface area contributed by atoms with Crippen LogP contribution in [0.5, 0.6) is 11.5 Å². The quantitative estimate of drug-likeness (QED) is 0.425. The third-order valence-electron chi connectivity index (χ3n) is 3.44. The average Bonchev–Trinajstić information content (AvgIpc) is 2.62. The molecule has 0 bridgehead atoms. The number of hydrogen-bond donors (Lipinski definition) is 2. The van der Waals surface area contributed by atoms with Crippen molar-refractivity contribution in [3.63, 3.8) is 0 Å². The summed E-state index contributed by atoms with van der Waals surface area (Å²) >= 11 is 0. The van der Waals surface area contributed by atoms with Crippen LogP contribution in [0.15, 0.2) is 41.5 Å². The van der Waals surface area contributed by atoms with E-state index in [1.165, 1.54) is 31.4 Å². The van der Waals surface area contributed by atoms with Crippen molar-refractivity contribution < 1.29 is 24.5 Å². The monoisotopic (exact) mass is 374 g/mol. The molecule has 0 saturated carbocycles. The largest absolute Gasteiger partial charge is 0.500 e. The van der Waals surface area contributed by atoms with Gasteiger partial charge >= 0.3 is 5.69 Å². The number of benzene rings is 2. The van der Waals surface area contributed by atoms with E-state index in [1.807, 2.05) is 0 Å². The first-order valence-electron chi connectivity index (χ1n) is 7.43. The number of hydrazone groups is 1. The Morgan fingerprint density at radius 1 is 1.22 bits per heavy atom. The van der Waals surface area contributed by atoms with E-state index in [9.17, 15) is 30.1 Å². The second-order valence-corrected chi connectivity index (χ2v) is 5.20. The average molecular weight is 374 g/mol. The molecule has 0 aromatic heterocycles. The molecule has 0 radical (unpaired) electrons. The van der Waals surface area contributed by atoms with Crippen molar-refractivity contribution >= 4 is 23.5 Å². The number of hydrogen-bond acceptors (Lipinski definition) is 8. The van der Waals surface area contributed by atoms with Crippen molar-refractivity contribution in [2.24, 2.45) is 5.10 Å². The zero-order valence-electron chi connectivity index (χ0n) is 14.0. The fourth-order valence-corrected chi connectivity index (χ4v) is 2.21. The Labute approximate surface area is 152 Å². The lowest BCUT2D eigenvalue weighted by Gasteiger charge is -2.05. The zero-order chi connectivity index (χ0) is 20.0. The number of amides is 1. The van der Waals surface area contributed by atoms with Gasteiger partial charge < -0.3 is 9.84 Å². The van der Waals surface area contributed by atoms with Crippen LogP contribution in [0.3, 0.4) is 0 Å². The minimum atomic E-state index is -0.789. The number of nitro groups is 2. The van der Waals surface area contributed by atoms with Crippen LogP contribution >= 0.6 is 0 Å². The van der Waals surface area contributed by atoms with E-state index in [1.54, 1.807) is 6.07 Å². The number of ether oxygens (including phenoxy) is 1. The van der Waals surface area contributed by atoms with Crippen LogP contribution in [0.2, 0.25) is 0 Å². The summed E-state index contributed by atoms with van der Waals surface area (Å²) in [7, 11) is 1.23. The Hall–Kier alpha value is -4.02. The highest BCUT2D eigenvalue weighted by Gasteiger charge is 2.19. The van der Waals surface area contributed by atoms with Gasteiger partial charge in [-0.1, -0.05) is 18.2 Å². The predicted octanol–water partition coefficient (Wildman–Crippen LogP) is 1.91. The van der Waals surface area contributed by atoms with Crippen molar-refractivity contribution in [1.82, 2.24) is 5.43 Å². The number of nitro benzene ring substituents is 2. The van der Waals surface area contributed by atoms with Crippen LogP contribution in [0.1, 0.15) is 11.1 Å². The molecule has 0 aliphatic rings. The normalized spacial score (nSPS) is 10.6. The van der Waals surface area contributed by atoms with Gasteiger partial charge in [-0.05, 0) is 6.07 Å². The number of phenolic OH excluding ortho intramolecular Hbond substituents is 1. The molecular weight excluding hydrogens is 360 g/mol. The third-order valence-corrected chi connectivity index (χ3v) is 3.44. The van der Waals surface area contributed by atoms with Crippen molar-refractivity contribution in [2.75, 3.05) is 7.11 Å². The van der Waals surface area contributed by atoms with Gasteiger partial charge in [-0.15, -0.1) is 0 Å². The van der Waals surface area contributed by atoms with Gasteiger partial charge in [-0.3, -0.25) is 25.0 Å². The Morgan fingerprint density at radius 2 is 1.89 bits per heavy atom. The molecule has 2 aromatic carbocycles. The van der Waals surface area contributed by atoms with E-state index in [0.29, 0.717) is 0 Å². The summed E-state index contributed by atoms with van der Waals surface area (Å²) in [5.41, 5.74) is 1.83. The molecule has 140 valence electrons. The SMILES string of the molecule is COc1cc(C=NNC(=O)Cc2ccccc2[N+](=O)[O-])cc([N+](=O)[O-])c1O. The van der Waals surface area contributed by atoms with Crippen molar-refractivity contribution in [1.29, 1.82) is 0 Å². The molecule has 2 aromatic rings. The number of carbonyl (C=O) groups is 1. The van der Waals surface area contributed by atoms with Gasteiger partial charge in [0.25, 0.3) is 5.69 Å². The Bertz CT molecular complexity index is 927. The molecule has 11 nitrogen and oxygen atoms in total. The molecule has 0 atom stereocenters. The van der Waals surface area contributed by atoms with Crippen LogP contribution in [-0.2, 0) is 11.2 Å². The first kappa shape index (κ1) is 19.3. The summed E-state index contributed by atoms with van der Waals surface area (Å²) in [4.78, 5) is 32.4. The van der Waals surface area contributed by atoms with Crippen LogP contribution in [0.25, 0.3) is 0 Å². The van der Waals surface area contributed by atoms with E-state index in [2.05, 4.69) is 10.5 Å². The lowest BCUT2D eigenvalue weighted by molar-refractivity contribution is -0.386. The van der Waals surface area contributed by atoms with Gasteiger partial charge in [0.15, 0.2) is 5.75 Å². The fraction of sp³-hybridized carbons (Fsp3) is 0.125. The lowest BCUT2D eigenvalue weighted by Crippen LogP contribution is -2.20. The minimum absolute atomic E-state index is 0.128. The highest BCUT2D eigenvalue weighted by atomic mass is 16.6. The van der Waals surface area contributed by atoms with Crippen LogP contribution < -0.4 is 10.2 Å². The molecule has 2 rings (SSSR count). The number of methoxy groups -OCH3 is 1. The topological polar surface area (TPSA) is 157 Å². The highest BCUT2D eigenvalue weighted by Crippen LogP contribution is 2.36. The molecule has 2 N–H and O–H groups in total. The van der Waals surface area contributed by atoms with Gasteiger partial charge in [-0.25, -0.2) is 5.43 Å². The molecular formula is C16H14N4O7. The number of phenols is 1. The first-order chi connectivity index (χ1) is 12.8. The number of carbonyl (C=O) groups excluding carboxylic acids is 1. The second-order valence-electron chi connectivity index (χ2n) is 5.20. The summed E-state index contributed by atoms with van der Waals surface area (Å²) in [6, 6.07) is 8.14. The van der Waals surface area contributed by atoms with Gasteiger partial charge in [0, 0.05) is 23.3 Å². The van der Waals surface area contributed by atoms with Gasteiger partial charge in [0.2, 0.25) is 11.7 Å². The van der Waals surface area contributed by atoms with E-state index in [4.69, 9.17) is 4.74 Å². The molecule has 0 aliphatic heterocycles. The predicted molar refractivity (Wildman–Crippen MR) is 93.9 cm³/mol. The number of aromatic hydroxyl groups is 1. The first-order valence-corrected chi connectivity index (χ1v) is 7.43. The van der Waals surface area contributed by atoms with E-state index in [0.717, 1.165) is 12.3 Å². The Kier molecular flexibility index (Phi) is 5.99. The molecule has 1 amide bonds. The second kappa shape index (κ2) is 8.38. The standard InChI is InChI=1S/C16H14N4O7/c1-27-14-7-10(6-13(16(14)22)20(25)26)9-17-18-15(21)8-11-4-2-3-5-12(11)19(23)24/h2-7,9,22H,8H2,1H3,(H,18,21). The maximum Gasteiger partial charge on any atom is 0.315 e. The summed E-state index contributed by atoms with van der Waals surface area (Å²) in [6.07, 6.45) is 0.847. The van der Waals surface area contributed by atoms with E-state index >= 15 is 0 Å². The third kappa shape index (κ3) is 4.75. The highest BCUT2D eigenvalue weighted by molar-refractivity contribution is 5.85. The molecule has 0 heterocycles. The summed E-state index contributed by atoms with van der Waals surface area (Å²) < 4.78 is 4.85. The maximum absolute atomic E-state index is 11.9. The molecule has 0 saturated heterocycles. The van der Waals surface area contributed by atoms with Crippen molar-refractivity contribution in [2.45, 2.75) is 6.42 Å². The molecule has 27 heavy (non-hydrogen) atoms. The van der Waals surface area contributed by atoms with Crippen LogP contribution in [0, 0.1) is 20.2 Å². The van der Waals surface area contributed by atoms with Gasteiger partial charge in [0.1, 0.15) is 0 Å². The van der Waals surface area contributed by atoms with E-state index in [-0.39, 0.29) is 29.0 Å². The number of rotatable bonds is 7. The van der Waals surface area contributed by atoms with E-state index < -0.39 is 27.2 Å². The Morgan fingerprint density at radius 3 is 2.52 bits per heavy atom. The van der Waals surface area contributed by atoms with Gasteiger partial charge in [-0.2, -0.15) is 5.10 Å². The molecule has 0 unspecified atom stereocenters. The molecule has 0 spiro atoms. The van der Waals surface area contributed by atoms with Crippen molar-refractivity contribution in [3.05, 3.63) is 67.8 Å². The smallest absolute Gasteiger partial charge is 0.315 e. The number of para-hydroxylation sites is 1. The fourth-order valence-electron chi connectivity index (χ4n) is 2.21. The maximum atomic E-state index is 11.9. The lowest BCUT2D eigenvalue weighted by atomic mass is 10.1. The van der Waals surface area contributed by atoms with Gasteiger partial charge in [0.05, 0.1) is 29.6 Å². The molecule has 0 aliphatic carbocycles. The number of nitrogens with one attached hydrogen (secondary N) is 1. The summed E-state index contributed by atoms with van der Waals surface area (Å²) in [6.45, 7) is 0.